The van der Waals surface area contributed by atoms with Crippen molar-refractivity contribution in [1.29, 1.82) is 0 Å². The van der Waals surface area contributed by atoms with Crippen LogP contribution in [-0.4, -0.2) is 85.8 Å². The van der Waals surface area contributed by atoms with E-state index in [4.69, 9.17) is 23.7 Å². The molecule has 0 aliphatic carbocycles. The number of hydrogen-bond donors (Lipinski definition) is 4. The average Bonchev–Trinajstić information content (AvgIpc) is 3.10. The first-order valence-corrected chi connectivity index (χ1v) is 15.6. The van der Waals surface area contributed by atoms with Crippen LogP contribution in [0.2, 0.25) is 0 Å². The summed E-state index contributed by atoms with van der Waals surface area (Å²) in [5.74, 6) is -3.11. The minimum atomic E-state index is -1.17. The molecule has 0 amide bonds. The first-order chi connectivity index (χ1) is 23.9. The molecule has 0 spiro atoms. The van der Waals surface area contributed by atoms with E-state index in [-0.39, 0.29) is 75.1 Å². The normalized spacial score (nSPS) is 12.7. The Hall–Kier alpha value is -6.12. The van der Waals surface area contributed by atoms with Crippen LogP contribution in [0.3, 0.4) is 0 Å². The molecule has 15 heteroatoms. The molecule has 3 atom stereocenters. The highest BCUT2D eigenvalue weighted by molar-refractivity contribution is 5.77. The molecule has 0 aliphatic heterocycles. The number of carboxylic acids is 1. The van der Waals surface area contributed by atoms with E-state index in [0.29, 0.717) is 12.8 Å². The van der Waals surface area contributed by atoms with Crippen molar-refractivity contribution >= 4 is 17.9 Å². The Morgan fingerprint density at radius 2 is 0.860 bits per heavy atom. The number of aromatic nitrogens is 3. The van der Waals surface area contributed by atoms with E-state index in [9.17, 15) is 34.8 Å². The lowest BCUT2D eigenvalue weighted by molar-refractivity contribution is -0.149. The molecule has 4 N–H and O–H groups in total. The number of methoxy groups -OCH3 is 2. The number of esters is 2. The maximum atomic E-state index is 12.0. The smallest absolute Gasteiger partial charge is 0.347 e. The Morgan fingerprint density at radius 3 is 1.10 bits per heavy atom. The molecule has 1 heterocycles. The number of aromatic hydroxyl groups is 3. The third-order valence-corrected chi connectivity index (χ3v) is 7.42. The molecule has 50 heavy (non-hydrogen) atoms. The monoisotopic (exact) mass is 691 g/mol. The Morgan fingerprint density at radius 1 is 0.560 bits per heavy atom. The number of aliphatic carboxylic acids is 1. The van der Waals surface area contributed by atoms with Gasteiger partial charge in [-0.05, 0) is 55.7 Å². The summed E-state index contributed by atoms with van der Waals surface area (Å²) < 4.78 is 26.4. The zero-order valence-corrected chi connectivity index (χ0v) is 27.9. The van der Waals surface area contributed by atoms with E-state index < -0.39 is 36.2 Å². The lowest BCUT2D eigenvalue weighted by atomic mass is 10.1. The van der Waals surface area contributed by atoms with Crippen LogP contribution in [0.15, 0.2) is 54.6 Å². The van der Waals surface area contributed by atoms with E-state index in [0.717, 1.165) is 0 Å². The van der Waals surface area contributed by atoms with Crippen LogP contribution < -0.4 is 14.2 Å². The molecule has 3 unspecified atom stereocenters. The van der Waals surface area contributed by atoms with Crippen LogP contribution in [0.4, 0.5) is 0 Å². The third kappa shape index (κ3) is 8.47. The summed E-state index contributed by atoms with van der Waals surface area (Å²) in [5.41, 5.74) is 0.323. The molecule has 3 aromatic carbocycles. The van der Waals surface area contributed by atoms with Gasteiger partial charge in [0.1, 0.15) is 34.5 Å². The fourth-order valence-corrected chi connectivity index (χ4v) is 4.72. The van der Waals surface area contributed by atoms with Crippen molar-refractivity contribution in [3.63, 3.8) is 0 Å². The highest BCUT2D eigenvalue weighted by Gasteiger charge is 2.24. The van der Waals surface area contributed by atoms with Crippen LogP contribution >= 0.6 is 0 Å². The number of carboxylic acid groups (broad SMARTS) is 1. The number of rotatable bonds is 15. The van der Waals surface area contributed by atoms with E-state index >= 15 is 0 Å². The molecule has 0 saturated carbocycles. The number of nitrogens with zero attached hydrogens (tertiary/aromatic N) is 3. The van der Waals surface area contributed by atoms with Crippen LogP contribution in [0, 0.1) is 0 Å². The summed E-state index contributed by atoms with van der Waals surface area (Å²) in [6, 6.07) is 12.5. The Bertz CT molecular complexity index is 1770. The minimum absolute atomic E-state index is 0.0674. The molecule has 0 fully saturated rings. The molecule has 0 radical (unpaired) electrons. The topological polar surface area (TPSA) is 217 Å². The standard InChI is InChI=1S/C35H37N3O12/c1-6-27(33(42)43)48-18-9-12-21(24(39)15-18)30-36-31(22-13-10-19(16-25(22)40)49-28(7-2)34(44)46-4)38-32(37-30)23-14-11-20(17-26(23)41)50-29(8-3)35(45)47-5/h9-17,27-29,39-41H,6-8H2,1-5H3,(H,42,43). The lowest BCUT2D eigenvalue weighted by Gasteiger charge is -2.17. The summed E-state index contributed by atoms with van der Waals surface area (Å²) in [4.78, 5) is 49.0. The number of phenols is 3. The number of carbonyl (C=O) groups excluding carboxylic acids is 2. The van der Waals surface area contributed by atoms with Gasteiger partial charge in [-0.3, -0.25) is 0 Å². The van der Waals surface area contributed by atoms with Gasteiger partial charge in [-0.2, -0.15) is 0 Å². The van der Waals surface area contributed by atoms with Crippen LogP contribution in [0.1, 0.15) is 40.0 Å². The van der Waals surface area contributed by atoms with Crippen molar-refractivity contribution in [1.82, 2.24) is 15.0 Å². The van der Waals surface area contributed by atoms with Crippen LogP contribution in [0.25, 0.3) is 34.2 Å². The second kappa shape index (κ2) is 16.3. The number of benzene rings is 3. The first kappa shape index (κ1) is 36.7. The van der Waals surface area contributed by atoms with Gasteiger partial charge in [0, 0.05) is 18.2 Å². The maximum Gasteiger partial charge on any atom is 0.347 e. The minimum Gasteiger partial charge on any atom is -0.507 e. The fourth-order valence-electron chi connectivity index (χ4n) is 4.72. The number of ether oxygens (including phenoxy) is 5. The van der Waals surface area contributed by atoms with Gasteiger partial charge in [0.2, 0.25) is 0 Å². The van der Waals surface area contributed by atoms with Gasteiger partial charge in [-0.1, -0.05) is 20.8 Å². The average molecular weight is 692 g/mol. The van der Waals surface area contributed by atoms with Crippen molar-refractivity contribution in [3.8, 4) is 68.7 Å². The first-order valence-electron chi connectivity index (χ1n) is 15.6. The Kier molecular flexibility index (Phi) is 12.0. The zero-order chi connectivity index (χ0) is 36.5. The predicted molar refractivity (Wildman–Crippen MR) is 177 cm³/mol. The number of phenolic OH excluding ortho intramolecular Hbond substituents is 3. The molecule has 0 aliphatic rings. The molecule has 1 aromatic heterocycles. The summed E-state index contributed by atoms with van der Waals surface area (Å²) in [6.45, 7) is 5.12. The Balaban J connectivity index is 1.81. The molecule has 0 bridgehead atoms. The Labute approximate surface area is 287 Å². The number of hydrogen-bond acceptors (Lipinski definition) is 14. The van der Waals surface area contributed by atoms with E-state index in [1.54, 1.807) is 20.8 Å². The van der Waals surface area contributed by atoms with Crippen molar-refractivity contribution in [2.24, 2.45) is 0 Å². The largest absolute Gasteiger partial charge is 0.507 e. The molecule has 264 valence electrons. The highest BCUT2D eigenvalue weighted by Crippen LogP contribution is 2.38. The van der Waals surface area contributed by atoms with Crippen molar-refractivity contribution in [3.05, 3.63) is 54.6 Å². The summed E-state index contributed by atoms with van der Waals surface area (Å²) in [6.07, 6.45) is -2.15. The highest BCUT2D eigenvalue weighted by atomic mass is 16.6. The third-order valence-electron chi connectivity index (χ3n) is 7.42. The molecule has 15 nitrogen and oxygen atoms in total. The zero-order valence-electron chi connectivity index (χ0n) is 27.9. The van der Waals surface area contributed by atoms with Gasteiger partial charge in [0.05, 0.1) is 30.9 Å². The van der Waals surface area contributed by atoms with Crippen molar-refractivity contribution in [2.75, 3.05) is 14.2 Å². The van der Waals surface area contributed by atoms with Gasteiger partial charge in [0.15, 0.2) is 35.8 Å². The van der Waals surface area contributed by atoms with E-state index in [1.165, 1.54) is 68.8 Å². The quantitative estimate of drug-likeness (QED) is 0.122. The van der Waals surface area contributed by atoms with Gasteiger partial charge in [0.25, 0.3) is 0 Å². The summed E-state index contributed by atoms with van der Waals surface area (Å²) in [7, 11) is 2.48. The summed E-state index contributed by atoms with van der Waals surface area (Å²) in [5, 5.41) is 42.4. The van der Waals surface area contributed by atoms with Crippen LogP contribution in [0.5, 0.6) is 34.5 Å². The second-order valence-electron chi connectivity index (χ2n) is 10.8. The van der Waals surface area contributed by atoms with Crippen molar-refractivity contribution < 1.29 is 58.5 Å². The van der Waals surface area contributed by atoms with Gasteiger partial charge < -0.3 is 44.1 Å². The van der Waals surface area contributed by atoms with Crippen molar-refractivity contribution in [2.45, 2.75) is 58.3 Å². The SMILES string of the molecule is CCC(Oc1ccc(-c2nc(-c3ccc(OC(CC)C(=O)OC)cc3O)nc(-c3ccc(OC(CC)C(=O)OC)cc3O)n2)c(O)c1)C(=O)O. The van der Waals surface area contributed by atoms with Gasteiger partial charge in [-0.15, -0.1) is 0 Å². The van der Waals surface area contributed by atoms with E-state index in [2.05, 4.69) is 15.0 Å². The van der Waals surface area contributed by atoms with Gasteiger partial charge in [-0.25, -0.2) is 29.3 Å². The fraction of sp³-hybridized carbons (Fsp3) is 0.314. The summed E-state index contributed by atoms with van der Waals surface area (Å²) >= 11 is 0. The van der Waals surface area contributed by atoms with E-state index in [1.807, 2.05) is 0 Å². The number of carbonyl (C=O) groups is 3. The second-order valence-corrected chi connectivity index (χ2v) is 10.8. The lowest BCUT2D eigenvalue weighted by Crippen LogP contribution is -2.27. The molecule has 4 rings (SSSR count). The molecular weight excluding hydrogens is 654 g/mol. The molecule has 4 aromatic rings. The maximum absolute atomic E-state index is 12.0. The molecule has 0 saturated heterocycles. The molecular formula is C35H37N3O12. The predicted octanol–water partition coefficient (Wildman–Crippen LogP) is 4.89. The van der Waals surface area contributed by atoms with Gasteiger partial charge >= 0.3 is 17.9 Å². The van der Waals surface area contributed by atoms with Crippen LogP contribution in [-0.2, 0) is 23.9 Å².